The highest BCUT2D eigenvalue weighted by molar-refractivity contribution is 5.38. The van der Waals surface area contributed by atoms with Crippen LogP contribution in [0.3, 0.4) is 0 Å². The van der Waals surface area contributed by atoms with Gasteiger partial charge < -0.3 is 9.47 Å². The molecule has 1 aliphatic heterocycles. The van der Waals surface area contributed by atoms with Gasteiger partial charge in [0.1, 0.15) is 0 Å². The van der Waals surface area contributed by atoms with Crippen LogP contribution < -0.4 is 0 Å². The maximum Gasteiger partial charge on any atom is 0.211 e. The van der Waals surface area contributed by atoms with E-state index in [-0.39, 0.29) is 11.2 Å². The Balaban J connectivity index is 1.93. The summed E-state index contributed by atoms with van der Waals surface area (Å²) in [5, 5.41) is 0. The Morgan fingerprint density at radius 3 is 2.33 bits per heavy atom. The summed E-state index contributed by atoms with van der Waals surface area (Å²) in [5.41, 5.74) is 1.48. The Morgan fingerprint density at radius 1 is 1.33 bits per heavy atom. The summed E-state index contributed by atoms with van der Waals surface area (Å²) < 4.78 is 11.4. The molecule has 1 saturated heterocycles. The standard InChI is InChI=1S/C10H16O2/c1-4-8-5-10(8)11-6-9(2,3)7-12-10/h5H,4,6-7H2,1-3H3. The van der Waals surface area contributed by atoms with Crippen molar-refractivity contribution in [1.29, 1.82) is 0 Å². The third-order valence-corrected chi connectivity index (χ3v) is 2.46. The lowest BCUT2D eigenvalue weighted by Gasteiger charge is -2.36. The van der Waals surface area contributed by atoms with Crippen molar-refractivity contribution >= 4 is 0 Å². The highest BCUT2D eigenvalue weighted by Gasteiger charge is 2.50. The zero-order valence-corrected chi connectivity index (χ0v) is 8.02. The van der Waals surface area contributed by atoms with Crippen molar-refractivity contribution in [3.63, 3.8) is 0 Å². The van der Waals surface area contributed by atoms with E-state index in [0.29, 0.717) is 0 Å². The van der Waals surface area contributed by atoms with Crippen LogP contribution in [0, 0.1) is 5.41 Å². The fraction of sp³-hybridized carbons (Fsp3) is 0.800. The molecule has 0 amide bonds. The van der Waals surface area contributed by atoms with Gasteiger partial charge in [-0.1, -0.05) is 20.8 Å². The first-order valence-electron chi connectivity index (χ1n) is 4.58. The highest BCUT2D eigenvalue weighted by Crippen LogP contribution is 2.46. The minimum Gasteiger partial charge on any atom is -0.342 e. The maximum atomic E-state index is 5.68. The van der Waals surface area contributed by atoms with Crippen LogP contribution in [0.15, 0.2) is 11.6 Å². The maximum absolute atomic E-state index is 5.68. The van der Waals surface area contributed by atoms with Crippen LogP contribution in [0.4, 0.5) is 0 Å². The third kappa shape index (κ3) is 1.19. The smallest absolute Gasteiger partial charge is 0.211 e. The number of ether oxygens (including phenoxy) is 2. The Labute approximate surface area is 73.5 Å². The molecule has 2 aliphatic rings. The van der Waals surface area contributed by atoms with Crippen LogP contribution >= 0.6 is 0 Å². The van der Waals surface area contributed by atoms with Gasteiger partial charge in [0.05, 0.1) is 13.2 Å². The molecule has 0 saturated carbocycles. The van der Waals surface area contributed by atoms with Gasteiger partial charge in [0.2, 0.25) is 5.79 Å². The molecule has 12 heavy (non-hydrogen) atoms. The fourth-order valence-corrected chi connectivity index (χ4v) is 1.50. The monoisotopic (exact) mass is 168 g/mol. The fourth-order valence-electron chi connectivity index (χ4n) is 1.50. The second kappa shape index (κ2) is 2.33. The molecule has 2 heteroatoms. The van der Waals surface area contributed by atoms with E-state index in [0.717, 1.165) is 19.6 Å². The molecule has 68 valence electrons. The van der Waals surface area contributed by atoms with Crippen molar-refractivity contribution in [2.45, 2.75) is 33.0 Å². The molecule has 2 rings (SSSR count). The molecular weight excluding hydrogens is 152 g/mol. The Morgan fingerprint density at radius 2 is 1.92 bits per heavy atom. The molecule has 0 atom stereocenters. The van der Waals surface area contributed by atoms with Gasteiger partial charge in [0, 0.05) is 5.41 Å². The van der Waals surface area contributed by atoms with E-state index in [4.69, 9.17) is 9.47 Å². The van der Waals surface area contributed by atoms with E-state index >= 15 is 0 Å². The lowest BCUT2D eigenvalue weighted by atomic mass is 9.95. The Bertz CT molecular complexity index is 218. The Kier molecular flexibility index (Phi) is 1.61. The van der Waals surface area contributed by atoms with Crippen molar-refractivity contribution in [2.24, 2.45) is 5.41 Å². The first-order valence-corrected chi connectivity index (χ1v) is 4.58. The molecular formula is C10H16O2. The first-order chi connectivity index (χ1) is 5.58. The van der Waals surface area contributed by atoms with E-state index in [9.17, 15) is 0 Å². The van der Waals surface area contributed by atoms with Crippen LogP contribution in [0.2, 0.25) is 0 Å². The van der Waals surface area contributed by atoms with E-state index in [1.165, 1.54) is 5.57 Å². The normalized spacial score (nSPS) is 30.1. The lowest BCUT2D eigenvalue weighted by Crippen LogP contribution is -2.40. The molecule has 1 heterocycles. The van der Waals surface area contributed by atoms with Gasteiger partial charge in [-0.2, -0.15) is 0 Å². The second-order valence-corrected chi connectivity index (χ2v) is 4.43. The van der Waals surface area contributed by atoms with Crippen LogP contribution in [0.5, 0.6) is 0 Å². The van der Waals surface area contributed by atoms with Gasteiger partial charge in [0.25, 0.3) is 0 Å². The van der Waals surface area contributed by atoms with Gasteiger partial charge in [-0.15, -0.1) is 0 Å². The third-order valence-electron chi connectivity index (χ3n) is 2.46. The zero-order valence-electron chi connectivity index (χ0n) is 8.02. The largest absolute Gasteiger partial charge is 0.342 e. The average molecular weight is 168 g/mol. The molecule has 0 aromatic rings. The predicted molar refractivity (Wildman–Crippen MR) is 46.8 cm³/mol. The number of rotatable bonds is 1. The molecule has 0 radical (unpaired) electrons. The average Bonchev–Trinajstić information content (AvgIpc) is 2.72. The summed E-state index contributed by atoms with van der Waals surface area (Å²) in [7, 11) is 0. The molecule has 2 nitrogen and oxygen atoms in total. The SMILES string of the molecule is CCC1=CC12OCC(C)(C)CO2. The lowest BCUT2D eigenvalue weighted by molar-refractivity contribution is -0.230. The van der Waals surface area contributed by atoms with Gasteiger partial charge in [-0.3, -0.25) is 0 Å². The summed E-state index contributed by atoms with van der Waals surface area (Å²) in [4.78, 5) is 0. The number of hydrogen-bond acceptors (Lipinski definition) is 2. The van der Waals surface area contributed by atoms with E-state index in [1.807, 2.05) is 0 Å². The Hall–Kier alpha value is -0.340. The van der Waals surface area contributed by atoms with Crippen molar-refractivity contribution < 1.29 is 9.47 Å². The summed E-state index contributed by atoms with van der Waals surface area (Å²) in [6, 6.07) is 0. The molecule has 1 spiro atoms. The van der Waals surface area contributed by atoms with Gasteiger partial charge in [0.15, 0.2) is 0 Å². The molecule has 1 aliphatic carbocycles. The van der Waals surface area contributed by atoms with Crippen LogP contribution in [0.25, 0.3) is 0 Å². The first kappa shape index (κ1) is 8.27. The van der Waals surface area contributed by atoms with E-state index in [1.54, 1.807) is 0 Å². The van der Waals surface area contributed by atoms with E-state index < -0.39 is 0 Å². The van der Waals surface area contributed by atoms with Crippen LogP contribution in [-0.4, -0.2) is 19.0 Å². The molecule has 0 aromatic carbocycles. The molecule has 0 bridgehead atoms. The van der Waals surface area contributed by atoms with Gasteiger partial charge in [-0.25, -0.2) is 0 Å². The molecule has 0 aromatic heterocycles. The molecule has 0 N–H and O–H groups in total. The van der Waals surface area contributed by atoms with E-state index in [2.05, 4.69) is 26.8 Å². The zero-order chi connectivity index (χ0) is 8.82. The second-order valence-electron chi connectivity index (χ2n) is 4.43. The van der Waals surface area contributed by atoms with Crippen LogP contribution in [-0.2, 0) is 9.47 Å². The quantitative estimate of drug-likeness (QED) is 0.558. The molecule has 0 unspecified atom stereocenters. The minimum atomic E-state index is -0.357. The van der Waals surface area contributed by atoms with Crippen molar-refractivity contribution in [2.75, 3.05) is 13.2 Å². The minimum absolute atomic E-state index is 0.181. The number of hydrogen-bond donors (Lipinski definition) is 0. The van der Waals surface area contributed by atoms with Gasteiger partial charge in [-0.05, 0) is 18.1 Å². The summed E-state index contributed by atoms with van der Waals surface area (Å²) in [6.07, 6.45) is 3.13. The summed E-state index contributed by atoms with van der Waals surface area (Å²) in [6.45, 7) is 8.05. The summed E-state index contributed by atoms with van der Waals surface area (Å²) in [5.74, 6) is -0.357. The highest BCUT2D eigenvalue weighted by atomic mass is 16.7. The van der Waals surface area contributed by atoms with Crippen molar-refractivity contribution in [3.8, 4) is 0 Å². The van der Waals surface area contributed by atoms with Gasteiger partial charge >= 0.3 is 0 Å². The predicted octanol–water partition coefficient (Wildman–Crippen LogP) is 2.11. The molecule has 1 fully saturated rings. The summed E-state index contributed by atoms with van der Waals surface area (Å²) >= 11 is 0. The topological polar surface area (TPSA) is 18.5 Å². The van der Waals surface area contributed by atoms with Crippen molar-refractivity contribution in [3.05, 3.63) is 11.6 Å². The van der Waals surface area contributed by atoms with Crippen LogP contribution in [0.1, 0.15) is 27.2 Å². The van der Waals surface area contributed by atoms with Crippen molar-refractivity contribution in [1.82, 2.24) is 0 Å².